The zero-order chi connectivity index (χ0) is 19.8. The number of aryl methyl sites for hydroxylation is 1. The Kier molecular flexibility index (Phi) is 6.05. The Balaban J connectivity index is 2.03. The molecule has 0 amide bonds. The number of rotatable bonds is 5. The summed E-state index contributed by atoms with van der Waals surface area (Å²) in [6.07, 6.45) is -2.70. The van der Waals surface area contributed by atoms with Gasteiger partial charge in [-0.3, -0.25) is 4.68 Å². The highest BCUT2D eigenvalue weighted by molar-refractivity contribution is 9.10. The van der Waals surface area contributed by atoms with Crippen molar-refractivity contribution < 1.29 is 17.9 Å². The van der Waals surface area contributed by atoms with Gasteiger partial charge in [0.05, 0.1) is 27.8 Å². The summed E-state index contributed by atoms with van der Waals surface area (Å²) in [4.78, 5) is 7.88. The third kappa shape index (κ3) is 4.77. The van der Waals surface area contributed by atoms with Crippen LogP contribution >= 0.6 is 50.7 Å². The van der Waals surface area contributed by atoms with Gasteiger partial charge in [0.1, 0.15) is 5.52 Å². The summed E-state index contributed by atoms with van der Waals surface area (Å²) in [5, 5.41) is 5.08. The Morgan fingerprint density at radius 3 is 2.44 bits per heavy atom. The Hall–Kier alpha value is -1.29. The number of hydrogen-bond donors (Lipinski definition) is 0. The maximum Gasteiger partial charge on any atom is 0.389 e. The molecule has 2 heterocycles. The molecule has 0 atom stereocenters. The van der Waals surface area contributed by atoms with Crippen LogP contribution in [0.2, 0.25) is 15.2 Å². The summed E-state index contributed by atoms with van der Waals surface area (Å²) in [6, 6.07) is 1.54. The van der Waals surface area contributed by atoms with Gasteiger partial charge in [-0.05, 0) is 28.4 Å². The van der Waals surface area contributed by atoms with E-state index < -0.39 is 12.6 Å². The van der Waals surface area contributed by atoms with Crippen LogP contribution in [0.15, 0.2) is 22.9 Å². The minimum atomic E-state index is -4.26. The molecule has 2 aromatic heterocycles. The minimum Gasteiger partial charge on any atom is -0.422 e. The first kappa shape index (κ1) is 20.4. The van der Waals surface area contributed by atoms with E-state index in [1.807, 2.05) is 0 Å². The van der Waals surface area contributed by atoms with Gasteiger partial charge in [-0.25, -0.2) is 9.97 Å². The topological polar surface area (TPSA) is 52.8 Å². The van der Waals surface area contributed by atoms with Gasteiger partial charge in [0.2, 0.25) is 0 Å². The Morgan fingerprint density at radius 2 is 1.81 bits per heavy atom. The molecular formula is C15H9BrCl3F3N4O. The van der Waals surface area contributed by atoms with Crippen LogP contribution in [0.5, 0.6) is 11.8 Å². The number of aromatic nitrogens is 4. The summed E-state index contributed by atoms with van der Waals surface area (Å²) in [6.45, 7) is -0.0292. The molecule has 0 bridgehead atoms. The van der Waals surface area contributed by atoms with Gasteiger partial charge < -0.3 is 4.74 Å². The SMILES string of the molecule is FC(F)(F)CCCn1nc(Cl)c2c(Cl)c(Br)cc(Oc3ncc(Cl)cn3)c21. The highest BCUT2D eigenvalue weighted by Crippen LogP contribution is 2.42. The first-order valence-corrected chi connectivity index (χ1v) is 9.34. The Morgan fingerprint density at radius 1 is 1.15 bits per heavy atom. The lowest BCUT2D eigenvalue weighted by Crippen LogP contribution is -2.10. The van der Waals surface area contributed by atoms with Crippen molar-refractivity contribution in [3.8, 4) is 11.8 Å². The Bertz CT molecular complexity index is 979. The van der Waals surface area contributed by atoms with E-state index in [9.17, 15) is 13.2 Å². The van der Waals surface area contributed by atoms with Crippen molar-refractivity contribution in [1.82, 2.24) is 19.7 Å². The van der Waals surface area contributed by atoms with Gasteiger partial charge in [0.25, 0.3) is 0 Å². The quantitative estimate of drug-likeness (QED) is 0.389. The van der Waals surface area contributed by atoms with Gasteiger partial charge in [0.15, 0.2) is 10.9 Å². The van der Waals surface area contributed by atoms with Crippen LogP contribution < -0.4 is 4.74 Å². The van der Waals surface area contributed by atoms with E-state index >= 15 is 0 Å². The minimum absolute atomic E-state index is 0.00548. The van der Waals surface area contributed by atoms with E-state index in [4.69, 9.17) is 39.5 Å². The lowest BCUT2D eigenvalue weighted by atomic mass is 10.2. The standard InChI is InChI=1S/C15H9BrCl3F3N4O/c16-8-4-9(27-14-23-5-7(17)6-24-14)12-10(11(8)18)13(19)25-26(12)3-1-2-15(20,21)22/h4-6H,1-3H2. The predicted molar refractivity (Wildman–Crippen MR) is 99.9 cm³/mol. The van der Waals surface area contributed by atoms with E-state index in [1.54, 1.807) is 6.07 Å². The Labute approximate surface area is 174 Å². The second kappa shape index (κ2) is 7.98. The van der Waals surface area contributed by atoms with Gasteiger partial charge in [-0.15, -0.1) is 0 Å². The molecule has 144 valence electrons. The number of alkyl halides is 3. The van der Waals surface area contributed by atoms with Crippen LogP contribution in [0.1, 0.15) is 12.8 Å². The molecule has 27 heavy (non-hydrogen) atoms. The smallest absolute Gasteiger partial charge is 0.389 e. The summed E-state index contributed by atoms with van der Waals surface area (Å²) >= 11 is 21.5. The first-order valence-electron chi connectivity index (χ1n) is 7.42. The molecule has 5 nitrogen and oxygen atoms in total. The van der Waals surface area contributed by atoms with E-state index in [-0.39, 0.29) is 34.9 Å². The lowest BCUT2D eigenvalue weighted by molar-refractivity contribution is -0.135. The van der Waals surface area contributed by atoms with Crippen LogP contribution in [0.4, 0.5) is 13.2 Å². The van der Waals surface area contributed by atoms with Crippen molar-refractivity contribution in [2.45, 2.75) is 25.6 Å². The normalized spacial score (nSPS) is 12.0. The molecule has 0 N–H and O–H groups in total. The fourth-order valence-electron chi connectivity index (χ4n) is 2.36. The predicted octanol–water partition coefficient (Wildman–Crippen LogP) is 6.68. The first-order chi connectivity index (χ1) is 12.7. The molecule has 0 aliphatic heterocycles. The maximum absolute atomic E-state index is 12.5. The molecule has 3 rings (SSSR count). The van der Waals surface area contributed by atoms with E-state index in [0.717, 1.165) is 0 Å². The van der Waals surface area contributed by atoms with Crippen LogP contribution in [0.3, 0.4) is 0 Å². The molecule has 0 saturated carbocycles. The van der Waals surface area contributed by atoms with Gasteiger partial charge in [-0.2, -0.15) is 18.3 Å². The zero-order valence-corrected chi connectivity index (χ0v) is 17.1. The van der Waals surface area contributed by atoms with Gasteiger partial charge in [0, 0.05) is 17.4 Å². The van der Waals surface area contributed by atoms with Crippen molar-refractivity contribution in [3.05, 3.63) is 38.1 Å². The van der Waals surface area contributed by atoms with Crippen LogP contribution in [0.25, 0.3) is 10.9 Å². The lowest BCUT2D eigenvalue weighted by Gasteiger charge is -2.11. The average Bonchev–Trinajstić information content (AvgIpc) is 2.90. The van der Waals surface area contributed by atoms with Crippen molar-refractivity contribution >= 4 is 61.6 Å². The fourth-order valence-corrected chi connectivity index (χ4v) is 3.43. The molecule has 12 heteroatoms. The number of fused-ring (bicyclic) bond motifs is 1. The van der Waals surface area contributed by atoms with Crippen molar-refractivity contribution in [1.29, 1.82) is 0 Å². The van der Waals surface area contributed by atoms with Crippen molar-refractivity contribution in [2.75, 3.05) is 0 Å². The molecular weight excluding hydrogens is 495 g/mol. The molecule has 0 unspecified atom stereocenters. The molecule has 1 aromatic carbocycles. The molecule has 3 aromatic rings. The van der Waals surface area contributed by atoms with Gasteiger partial charge >= 0.3 is 12.2 Å². The molecule has 0 spiro atoms. The monoisotopic (exact) mass is 502 g/mol. The molecule has 0 aliphatic rings. The fraction of sp³-hybridized carbons (Fsp3) is 0.267. The number of halogens is 7. The third-order valence-corrected chi connectivity index (χ3v) is 5.16. The number of hydrogen-bond acceptors (Lipinski definition) is 4. The summed E-state index contributed by atoms with van der Waals surface area (Å²) in [7, 11) is 0. The third-order valence-electron chi connectivity index (χ3n) is 3.46. The van der Waals surface area contributed by atoms with E-state index in [1.165, 1.54) is 17.1 Å². The van der Waals surface area contributed by atoms with Crippen molar-refractivity contribution in [2.24, 2.45) is 0 Å². The average molecular weight is 505 g/mol. The van der Waals surface area contributed by atoms with Crippen LogP contribution in [-0.2, 0) is 6.54 Å². The molecule has 0 radical (unpaired) electrons. The molecule has 0 saturated heterocycles. The van der Waals surface area contributed by atoms with Gasteiger partial charge in [-0.1, -0.05) is 34.8 Å². The molecule has 0 fully saturated rings. The summed E-state index contributed by atoms with van der Waals surface area (Å²) < 4.78 is 44.8. The van der Waals surface area contributed by atoms with E-state index in [2.05, 4.69) is 31.0 Å². The maximum atomic E-state index is 12.5. The highest BCUT2D eigenvalue weighted by atomic mass is 79.9. The highest BCUT2D eigenvalue weighted by Gasteiger charge is 2.27. The molecule has 0 aliphatic carbocycles. The second-order valence-corrected chi connectivity index (χ2v) is 7.44. The number of ether oxygens (including phenoxy) is 1. The zero-order valence-electron chi connectivity index (χ0n) is 13.2. The van der Waals surface area contributed by atoms with Crippen LogP contribution in [0, 0.1) is 0 Å². The summed E-state index contributed by atoms with van der Waals surface area (Å²) in [5.74, 6) is 0.231. The largest absolute Gasteiger partial charge is 0.422 e. The second-order valence-electron chi connectivity index (χ2n) is 5.41. The van der Waals surface area contributed by atoms with Crippen molar-refractivity contribution in [3.63, 3.8) is 0 Å². The van der Waals surface area contributed by atoms with E-state index in [0.29, 0.717) is 20.4 Å². The number of nitrogens with zero attached hydrogens (tertiary/aromatic N) is 4. The van der Waals surface area contributed by atoms with Crippen LogP contribution in [-0.4, -0.2) is 25.9 Å². The number of benzene rings is 1. The summed E-state index contributed by atoms with van der Waals surface area (Å²) in [5.41, 5.74) is 0.342.